The van der Waals surface area contributed by atoms with Crippen molar-refractivity contribution in [3.63, 3.8) is 0 Å². The molecule has 0 bridgehead atoms. The van der Waals surface area contributed by atoms with Crippen molar-refractivity contribution in [2.75, 3.05) is 18.0 Å². The fourth-order valence-electron chi connectivity index (χ4n) is 1.49. The third kappa shape index (κ3) is 2.12. The van der Waals surface area contributed by atoms with Crippen molar-refractivity contribution in [2.45, 2.75) is 6.04 Å². The summed E-state index contributed by atoms with van der Waals surface area (Å²) < 4.78 is 0. The number of anilines is 1. The topological polar surface area (TPSA) is 58.1 Å². The molecule has 1 aliphatic heterocycles. The fourth-order valence-corrected chi connectivity index (χ4v) is 1.49. The van der Waals surface area contributed by atoms with Crippen LogP contribution in [0.2, 0.25) is 0 Å². The molecule has 0 aliphatic carbocycles. The van der Waals surface area contributed by atoms with Crippen LogP contribution < -0.4 is 10.2 Å². The molecule has 2 heterocycles. The van der Waals surface area contributed by atoms with E-state index >= 15 is 0 Å². The number of rotatable bonds is 3. The predicted molar refractivity (Wildman–Crippen MR) is 56.4 cm³/mol. The maximum absolute atomic E-state index is 11.0. The van der Waals surface area contributed by atoms with Crippen LogP contribution in [0.3, 0.4) is 0 Å². The Bertz CT molecular complexity index is 359. The van der Waals surface area contributed by atoms with Crippen LogP contribution in [0.15, 0.2) is 31.2 Å². The second-order valence-electron chi connectivity index (χ2n) is 3.38. The van der Waals surface area contributed by atoms with Gasteiger partial charge in [-0.1, -0.05) is 6.58 Å². The summed E-state index contributed by atoms with van der Waals surface area (Å²) in [6.45, 7) is 4.98. The maximum Gasteiger partial charge on any atom is 0.243 e. The van der Waals surface area contributed by atoms with Gasteiger partial charge in [-0.15, -0.1) is 0 Å². The Hall–Kier alpha value is -1.91. The van der Waals surface area contributed by atoms with Crippen LogP contribution in [0.1, 0.15) is 0 Å². The van der Waals surface area contributed by atoms with Crippen LogP contribution in [-0.4, -0.2) is 35.0 Å². The second kappa shape index (κ2) is 4.08. The quantitative estimate of drug-likeness (QED) is 0.702. The van der Waals surface area contributed by atoms with Crippen molar-refractivity contribution >= 4 is 11.7 Å². The van der Waals surface area contributed by atoms with Gasteiger partial charge in [0.05, 0.1) is 6.04 Å². The highest BCUT2D eigenvalue weighted by Crippen LogP contribution is 2.16. The number of amides is 1. The number of nitrogens with one attached hydrogen (secondary N) is 1. The first-order chi connectivity index (χ1) is 7.29. The normalized spacial score (nSPS) is 15.6. The van der Waals surface area contributed by atoms with Gasteiger partial charge in [0.15, 0.2) is 0 Å². The Labute approximate surface area is 87.8 Å². The molecule has 1 aromatic heterocycles. The Morgan fingerprint density at radius 3 is 3.07 bits per heavy atom. The van der Waals surface area contributed by atoms with E-state index in [-0.39, 0.29) is 11.9 Å². The van der Waals surface area contributed by atoms with Crippen LogP contribution in [0, 0.1) is 0 Å². The Morgan fingerprint density at radius 2 is 2.47 bits per heavy atom. The lowest BCUT2D eigenvalue weighted by Crippen LogP contribution is -2.59. The summed E-state index contributed by atoms with van der Waals surface area (Å²) in [5.74, 6) is 0.774. The minimum absolute atomic E-state index is 0.123. The third-order valence-corrected chi connectivity index (χ3v) is 2.30. The van der Waals surface area contributed by atoms with Gasteiger partial charge in [0, 0.05) is 19.3 Å². The second-order valence-corrected chi connectivity index (χ2v) is 3.38. The van der Waals surface area contributed by atoms with Gasteiger partial charge in [-0.3, -0.25) is 4.79 Å². The van der Waals surface area contributed by atoms with E-state index < -0.39 is 0 Å². The predicted octanol–water partition coefficient (Wildman–Crippen LogP) is -0.0326. The van der Waals surface area contributed by atoms with Gasteiger partial charge in [-0.05, 0) is 12.1 Å². The molecule has 0 aromatic carbocycles. The van der Waals surface area contributed by atoms with E-state index in [1.807, 2.05) is 6.07 Å². The molecule has 1 saturated heterocycles. The van der Waals surface area contributed by atoms with E-state index in [0.29, 0.717) is 0 Å². The largest absolute Gasteiger partial charge is 0.352 e. The summed E-state index contributed by atoms with van der Waals surface area (Å²) in [6, 6.07) is 2.05. The zero-order valence-electron chi connectivity index (χ0n) is 8.26. The van der Waals surface area contributed by atoms with Gasteiger partial charge >= 0.3 is 0 Å². The smallest absolute Gasteiger partial charge is 0.243 e. The Morgan fingerprint density at radius 1 is 1.67 bits per heavy atom. The van der Waals surface area contributed by atoms with E-state index in [1.54, 1.807) is 6.20 Å². The first-order valence-corrected chi connectivity index (χ1v) is 4.73. The first-order valence-electron chi connectivity index (χ1n) is 4.73. The average molecular weight is 204 g/mol. The molecular formula is C10H12N4O. The summed E-state index contributed by atoms with van der Waals surface area (Å²) in [5.41, 5.74) is 0. The molecule has 1 aromatic rings. The number of hydrogen-bond acceptors (Lipinski definition) is 4. The van der Waals surface area contributed by atoms with E-state index in [0.717, 1.165) is 18.9 Å². The summed E-state index contributed by atoms with van der Waals surface area (Å²) in [7, 11) is 0. The number of hydrogen-bond donors (Lipinski definition) is 1. The van der Waals surface area contributed by atoms with Gasteiger partial charge < -0.3 is 10.2 Å². The summed E-state index contributed by atoms with van der Waals surface area (Å²) in [4.78, 5) is 21.0. The van der Waals surface area contributed by atoms with Crippen LogP contribution in [0.4, 0.5) is 5.82 Å². The minimum atomic E-state index is -0.123. The van der Waals surface area contributed by atoms with E-state index in [1.165, 1.54) is 12.4 Å². The third-order valence-electron chi connectivity index (χ3n) is 2.30. The van der Waals surface area contributed by atoms with Crippen LogP contribution >= 0.6 is 0 Å². The molecule has 0 radical (unpaired) electrons. The molecule has 0 spiro atoms. The maximum atomic E-state index is 11.0. The molecule has 2 rings (SSSR count). The molecule has 0 saturated carbocycles. The van der Waals surface area contributed by atoms with Gasteiger partial charge in [0.1, 0.15) is 12.1 Å². The lowest BCUT2D eigenvalue weighted by molar-refractivity contribution is -0.117. The van der Waals surface area contributed by atoms with Gasteiger partial charge in [0.2, 0.25) is 5.91 Å². The summed E-state index contributed by atoms with van der Waals surface area (Å²) in [5, 5.41) is 2.82. The summed E-state index contributed by atoms with van der Waals surface area (Å²) >= 11 is 0. The van der Waals surface area contributed by atoms with E-state index in [9.17, 15) is 4.79 Å². The molecule has 5 nitrogen and oxygen atoms in total. The number of aromatic nitrogens is 2. The lowest BCUT2D eigenvalue weighted by Gasteiger charge is -2.40. The van der Waals surface area contributed by atoms with Crippen LogP contribution in [-0.2, 0) is 4.79 Å². The minimum Gasteiger partial charge on any atom is -0.352 e. The van der Waals surface area contributed by atoms with Gasteiger partial charge in [-0.25, -0.2) is 9.97 Å². The monoisotopic (exact) mass is 204 g/mol. The van der Waals surface area contributed by atoms with Crippen molar-refractivity contribution in [1.82, 2.24) is 15.3 Å². The zero-order valence-corrected chi connectivity index (χ0v) is 8.26. The number of carbonyl (C=O) groups is 1. The van der Waals surface area contributed by atoms with Crippen LogP contribution in [0.25, 0.3) is 0 Å². The Kier molecular flexibility index (Phi) is 2.62. The highest BCUT2D eigenvalue weighted by atomic mass is 16.1. The SMILES string of the molecule is C=CC(=O)NC1CN(c2ccncn2)C1. The molecule has 15 heavy (non-hydrogen) atoms. The number of nitrogens with zero attached hydrogens (tertiary/aromatic N) is 3. The zero-order chi connectivity index (χ0) is 10.7. The standard InChI is InChI=1S/C10H12N4O/c1-2-10(15)13-8-5-14(6-8)9-3-4-11-7-12-9/h2-4,7-8H,1,5-6H2,(H,13,15). The first kappa shape index (κ1) is 9.64. The molecule has 0 unspecified atom stereocenters. The van der Waals surface area contributed by atoms with E-state index in [4.69, 9.17) is 0 Å². The van der Waals surface area contributed by atoms with Crippen molar-refractivity contribution < 1.29 is 4.79 Å². The van der Waals surface area contributed by atoms with Gasteiger partial charge in [0.25, 0.3) is 0 Å². The van der Waals surface area contributed by atoms with E-state index in [2.05, 4.69) is 26.8 Å². The average Bonchev–Trinajstić information content (AvgIpc) is 2.23. The highest BCUT2D eigenvalue weighted by molar-refractivity contribution is 5.87. The summed E-state index contributed by atoms with van der Waals surface area (Å²) in [6.07, 6.45) is 4.51. The molecule has 5 heteroatoms. The highest BCUT2D eigenvalue weighted by Gasteiger charge is 2.28. The molecule has 78 valence electrons. The molecule has 1 fully saturated rings. The fraction of sp³-hybridized carbons (Fsp3) is 0.300. The van der Waals surface area contributed by atoms with Crippen molar-refractivity contribution in [3.05, 3.63) is 31.2 Å². The molecular weight excluding hydrogens is 192 g/mol. The lowest BCUT2D eigenvalue weighted by atomic mass is 10.1. The Balaban J connectivity index is 1.84. The van der Waals surface area contributed by atoms with Gasteiger partial charge in [-0.2, -0.15) is 0 Å². The van der Waals surface area contributed by atoms with Crippen molar-refractivity contribution in [3.8, 4) is 0 Å². The molecule has 0 atom stereocenters. The van der Waals surface area contributed by atoms with Crippen molar-refractivity contribution in [2.24, 2.45) is 0 Å². The van der Waals surface area contributed by atoms with Crippen molar-refractivity contribution in [1.29, 1.82) is 0 Å². The molecule has 1 aliphatic rings. The molecule has 1 amide bonds. The molecule has 1 N–H and O–H groups in total. The van der Waals surface area contributed by atoms with Crippen LogP contribution in [0.5, 0.6) is 0 Å². The number of carbonyl (C=O) groups excluding carboxylic acids is 1.